The van der Waals surface area contributed by atoms with Crippen LogP contribution in [0, 0.1) is 0 Å². The van der Waals surface area contributed by atoms with E-state index in [0.717, 1.165) is 39.0 Å². The molecule has 1 heterocycles. The third kappa shape index (κ3) is 7.50. The molecule has 1 fully saturated rings. The molecule has 1 N–H and O–H groups in total. The molecule has 1 saturated heterocycles. The Balaban J connectivity index is 2.17. The zero-order valence-corrected chi connectivity index (χ0v) is 12.5. The Morgan fingerprint density at radius 2 is 1.79 bits per heavy atom. The molecule has 0 bridgehead atoms. The van der Waals surface area contributed by atoms with E-state index in [0.29, 0.717) is 19.7 Å². The van der Waals surface area contributed by atoms with Crippen molar-refractivity contribution in [2.75, 3.05) is 45.9 Å². The minimum Gasteiger partial charge on any atom is -0.465 e. The quantitative estimate of drug-likeness (QED) is 0.547. The highest BCUT2D eigenvalue weighted by Gasteiger charge is 2.23. The van der Waals surface area contributed by atoms with Gasteiger partial charge in [0.05, 0.1) is 18.8 Å². The number of piperazine rings is 1. The maximum atomic E-state index is 11.6. The van der Waals surface area contributed by atoms with E-state index in [1.807, 2.05) is 13.8 Å². The lowest BCUT2D eigenvalue weighted by Gasteiger charge is -2.36. The van der Waals surface area contributed by atoms with E-state index in [4.69, 9.17) is 4.74 Å². The molecule has 0 aromatic rings. The van der Waals surface area contributed by atoms with E-state index >= 15 is 0 Å². The van der Waals surface area contributed by atoms with Crippen molar-refractivity contribution < 1.29 is 14.6 Å². The number of esters is 1. The molecule has 1 aliphatic rings. The van der Waals surface area contributed by atoms with Crippen LogP contribution in [0.1, 0.15) is 33.6 Å². The summed E-state index contributed by atoms with van der Waals surface area (Å²) >= 11 is 0. The number of rotatable bonds is 7. The van der Waals surface area contributed by atoms with Gasteiger partial charge < -0.3 is 9.84 Å². The van der Waals surface area contributed by atoms with Gasteiger partial charge in [0, 0.05) is 32.7 Å². The number of hydrogen-bond acceptors (Lipinski definition) is 5. The molecular formula is C14H28N2O3. The van der Waals surface area contributed by atoms with Gasteiger partial charge in [-0.3, -0.25) is 14.6 Å². The van der Waals surface area contributed by atoms with Crippen molar-refractivity contribution in [2.24, 2.45) is 0 Å². The number of β-amino-alcohol motifs (C(OH)–C–C–N with tert-alkyl or cyclic N) is 1. The van der Waals surface area contributed by atoms with Crippen LogP contribution in [0.25, 0.3) is 0 Å². The van der Waals surface area contributed by atoms with E-state index in [2.05, 4.69) is 16.7 Å². The lowest BCUT2D eigenvalue weighted by atomic mass is 10.1. The van der Waals surface area contributed by atoms with E-state index < -0.39 is 5.60 Å². The molecule has 0 amide bonds. The molecule has 1 rings (SSSR count). The standard InChI is InChI=1S/C14H28N2O3/c1-4-5-10-19-13(17)11-15-6-8-16(9-7-15)12-14(2,3)18/h18H,4-12H2,1-3H3. The molecule has 0 aromatic heterocycles. The van der Waals surface area contributed by atoms with Crippen LogP contribution in [0.5, 0.6) is 0 Å². The maximum Gasteiger partial charge on any atom is 0.320 e. The molecule has 5 heteroatoms. The monoisotopic (exact) mass is 272 g/mol. The fourth-order valence-electron chi connectivity index (χ4n) is 2.21. The van der Waals surface area contributed by atoms with E-state index in [9.17, 15) is 9.90 Å². The smallest absolute Gasteiger partial charge is 0.320 e. The third-order valence-electron chi connectivity index (χ3n) is 3.19. The Bertz CT molecular complexity index is 268. The molecular weight excluding hydrogens is 244 g/mol. The van der Waals surface area contributed by atoms with Crippen LogP contribution in [-0.4, -0.2) is 72.4 Å². The lowest BCUT2D eigenvalue weighted by Crippen LogP contribution is -2.51. The fourth-order valence-corrected chi connectivity index (χ4v) is 2.21. The summed E-state index contributed by atoms with van der Waals surface area (Å²) in [5.41, 5.74) is -0.652. The van der Waals surface area contributed by atoms with Crippen LogP contribution in [0.3, 0.4) is 0 Å². The van der Waals surface area contributed by atoms with Gasteiger partial charge in [0.2, 0.25) is 0 Å². The Labute approximate surface area is 116 Å². The van der Waals surface area contributed by atoms with E-state index in [1.54, 1.807) is 0 Å². The van der Waals surface area contributed by atoms with Gasteiger partial charge in [-0.1, -0.05) is 13.3 Å². The SMILES string of the molecule is CCCCOC(=O)CN1CCN(CC(C)(C)O)CC1. The second kappa shape index (κ2) is 7.82. The summed E-state index contributed by atoms with van der Waals surface area (Å²) in [6.45, 7) is 10.8. The average molecular weight is 272 g/mol. The highest BCUT2D eigenvalue weighted by Crippen LogP contribution is 2.08. The second-order valence-corrected chi connectivity index (χ2v) is 5.94. The average Bonchev–Trinajstić information content (AvgIpc) is 2.30. The number of carbonyl (C=O) groups excluding carboxylic acids is 1. The molecule has 0 unspecified atom stereocenters. The molecule has 0 spiro atoms. The van der Waals surface area contributed by atoms with Crippen molar-refractivity contribution in [3.8, 4) is 0 Å². The summed E-state index contributed by atoms with van der Waals surface area (Å²) in [7, 11) is 0. The zero-order chi connectivity index (χ0) is 14.3. The van der Waals surface area contributed by atoms with Crippen LogP contribution in [0.15, 0.2) is 0 Å². The van der Waals surface area contributed by atoms with Gasteiger partial charge in [-0.15, -0.1) is 0 Å². The minimum atomic E-state index is -0.652. The highest BCUT2D eigenvalue weighted by molar-refractivity contribution is 5.71. The Kier molecular flexibility index (Phi) is 6.75. The first kappa shape index (κ1) is 16.4. The number of hydrogen-bond donors (Lipinski definition) is 1. The molecule has 1 aliphatic heterocycles. The van der Waals surface area contributed by atoms with Crippen LogP contribution >= 0.6 is 0 Å². The number of carbonyl (C=O) groups is 1. The molecule has 112 valence electrons. The first-order valence-electron chi connectivity index (χ1n) is 7.23. The molecule has 0 aliphatic carbocycles. The number of unbranched alkanes of at least 4 members (excludes halogenated alkanes) is 1. The summed E-state index contributed by atoms with van der Waals surface area (Å²) in [5.74, 6) is -0.121. The van der Waals surface area contributed by atoms with Gasteiger partial charge in [-0.25, -0.2) is 0 Å². The van der Waals surface area contributed by atoms with Gasteiger partial charge in [0.15, 0.2) is 0 Å². The van der Waals surface area contributed by atoms with Crippen LogP contribution in [0.2, 0.25) is 0 Å². The van der Waals surface area contributed by atoms with Crippen molar-refractivity contribution in [3.63, 3.8) is 0 Å². The summed E-state index contributed by atoms with van der Waals surface area (Å²) in [4.78, 5) is 15.9. The predicted octanol–water partition coefficient (Wildman–Crippen LogP) is 0.718. The van der Waals surface area contributed by atoms with Gasteiger partial charge >= 0.3 is 5.97 Å². The summed E-state index contributed by atoms with van der Waals surface area (Å²) in [6, 6.07) is 0. The van der Waals surface area contributed by atoms with Crippen LogP contribution < -0.4 is 0 Å². The minimum absolute atomic E-state index is 0.121. The van der Waals surface area contributed by atoms with Gasteiger partial charge in [-0.05, 0) is 20.3 Å². The number of aliphatic hydroxyl groups is 1. The second-order valence-electron chi connectivity index (χ2n) is 5.94. The molecule has 0 aromatic carbocycles. The topological polar surface area (TPSA) is 53.0 Å². The number of ether oxygens (including phenoxy) is 1. The highest BCUT2D eigenvalue weighted by atomic mass is 16.5. The Hall–Kier alpha value is -0.650. The number of nitrogens with zero attached hydrogens (tertiary/aromatic N) is 2. The Morgan fingerprint density at radius 1 is 1.21 bits per heavy atom. The van der Waals surface area contributed by atoms with Crippen molar-refractivity contribution in [2.45, 2.75) is 39.2 Å². The van der Waals surface area contributed by atoms with Crippen LogP contribution in [-0.2, 0) is 9.53 Å². The van der Waals surface area contributed by atoms with Gasteiger partial charge in [0.1, 0.15) is 0 Å². The van der Waals surface area contributed by atoms with E-state index in [-0.39, 0.29) is 5.97 Å². The van der Waals surface area contributed by atoms with Crippen LogP contribution in [0.4, 0.5) is 0 Å². The first-order valence-corrected chi connectivity index (χ1v) is 7.23. The Morgan fingerprint density at radius 3 is 2.32 bits per heavy atom. The summed E-state index contributed by atoms with van der Waals surface area (Å²) in [5, 5.41) is 9.77. The summed E-state index contributed by atoms with van der Waals surface area (Å²) < 4.78 is 5.16. The maximum absolute atomic E-state index is 11.6. The predicted molar refractivity (Wildman–Crippen MR) is 75.0 cm³/mol. The molecule has 5 nitrogen and oxygen atoms in total. The third-order valence-corrected chi connectivity index (χ3v) is 3.19. The molecule has 0 saturated carbocycles. The van der Waals surface area contributed by atoms with Crippen molar-refractivity contribution >= 4 is 5.97 Å². The van der Waals surface area contributed by atoms with Crippen molar-refractivity contribution in [1.82, 2.24) is 9.80 Å². The lowest BCUT2D eigenvalue weighted by molar-refractivity contribution is -0.145. The van der Waals surface area contributed by atoms with E-state index in [1.165, 1.54) is 0 Å². The van der Waals surface area contributed by atoms with Crippen molar-refractivity contribution in [1.29, 1.82) is 0 Å². The van der Waals surface area contributed by atoms with Gasteiger partial charge in [-0.2, -0.15) is 0 Å². The van der Waals surface area contributed by atoms with Gasteiger partial charge in [0.25, 0.3) is 0 Å². The fraction of sp³-hybridized carbons (Fsp3) is 0.929. The van der Waals surface area contributed by atoms with Crippen molar-refractivity contribution in [3.05, 3.63) is 0 Å². The molecule has 0 radical (unpaired) electrons. The largest absolute Gasteiger partial charge is 0.465 e. The normalized spacial score (nSPS) is 18.5. The zero-order valence-electron chi connectivity index (χ0n) is 12.5. The molecule has 19 heavy (non-hydrogen) atoms. The molecule has 0 atom stereocenters. The first-order chi connectivity index (χ1) is 8.90. The summed E-state index contributed by atoms with van der Waals surface area (Å²) in [6.07, 6.45) is 1.98.